The van der Waals surface area contributed by atoms with Gasteiger partial charge >= 0.3 is 0 Å². The summed E-state index contributed by atoms with van der Waals surface area (Å²) in [6, 6.07) is 9.91. The molecule has 6 nitrogen and oxygen atoms in total. The van der Waals surface area contributed by atoms with Gasteiger partial charge in [-0.05, 0) is 25.7 Å². The molecule has 30 heavy (non-hydrogen) atoms. The van der Waals surface area contributed by atoms with Crippen LogP contribution in [0.2, 0.25) is 0 Å². The average Bonchev–Trinajstić information content (AvgIpc) is 3.45. The standard InChI is InChI=1S/C23H32N4O2S/c1-3-17(2)27(21(29)14-13-18-9-7-8-10-18)16-15-20(28)24-23-26-25-22(30-23)19-11-5-4-6-12-19/h4-6,11-12,17-18H,3,7-10,13-16H2,1-2H3,(H,24,26,28). The SMILES string of the molecule is CCC(C)N(CCC(=O)Nc1nnc(-c2ccccc2)s1)C(=O)CCC1CCCC1. The van der Waals surface area contributed by atoms with Crippen molar-refractivity contribution in [3.63, 3.8) is 0 Å². The van der Waals surface area contributed by atoms with Crippen LogP contribution in [0, 0.1) is 5.92 Å². The number of nitrogens with zero attached hydrogens (tertiary/aromatic N) is 3. The number of anilines is 1. The molecule has 2 aromatic rings. The fraction of sp³-hybridized carbons (Fsp3) is 0.565. The van der Waals surface area contributed by atoms with Gasteiger partial charge in [0.2, 0.25) is 16.9 Å². The normalized spacial score (nSPS) is 15.1. The Morgan fingerprint density at radius 2 is 1.90 bits per heavy atom. The number of hydrogen-bond donors (Lipinski definition) is 1. The smallest absolute Gasteiger partial charge is 0.227 e. The largest absolute Gasteiger partial charge is 0.339 e. The van der Waals surface area contributed by atoms with Gasteiger partial charge in [-0.3, -0.25) is 9.59 Å². The lowest BCUT2D eigenvalue weighted by Gasteiger charge is -2.29. The van der Waals surface area contributed by atoms with Gasteiger partial charge in [-0.15, -0.1) is 10.2 Å². The minimum Gasteiger partial charge on any atom is -0.339 e. The van der Waals surface area contributed by atoms with Crippen molar-refractivity contribution in [1.29, 1.82) is 0 Å². The molecule has 1 N–H and O–H groups in total. The molecule has 0 radical (unpaired) electrons. The Bertz CT molecular complexity index is 818. The second-order valence-corrected chi connectivity index (χ2v) is 9.09. The van der Waals surface area contributed by atoms with E-state index in [0.29, 0.717) is 24.0 Å². The van der Waals surface area contributed by atoms with E-state index >= 15 is 0 Å². The van der Waals surface area contributed by atoms with E-state index < -0.39 is 0 Å². The number of nitrogens with one attached hydrogen (secondary N) is 1. The minimum absolute atomic E-state index is 0.136. The lowest BCUT2D eigenvalue weighted by Crippen LogP contribution is -2.40. The van der Waals surface area contributed by atoms with Gasteiger partial charge in [0.05, 0.1) is 0 Å². The lowest BCUT2D eigenvalue weighted by atomic mass is 10.0. The van der Waals surface area contributed by atoms with Gasteiger partial charge in [-0.2, -0.15) is 0 Å². The Hall–Kier alpha value is -2.28. The number of carbonyl (C=O) groups is 2. The van der Waals surface area contributed by atoms with Crippen LogP contribution in [0.1, 0.15) is 65.2 Å². The molecule has 1 atom stereocenters. The van der Waals surface area contributed by atoms with Crippen LogP contribution in [0.3, 0.4) is 0 Å². The molecule has 3 rings (SSSR count). The maximum Gasteiger partial charge on any atom is 0.227 e. The summed E-state index contributed by atoms with van der Waals surface area (Å²) in [6.07, 6.45) is 7.82. The third-order valence-corrected chi connectivity index (χ3v) is 6.84. The molecule has 1 fully saturated rings. The van der Waals surface area contributed by atoms with Crippen molar-refractivity contribution in [1.82, 2.24) is 15.1 Å². The maximum atomic E-state index is 12.8. The Morgan fingerprint density at radius 3 is 2.60 bits per heavy atom. The Balaban J connectivity index is 1.50. The molecule has 0 saturated heterocycles. The fourth-order valence-electron chi connectivity index (χ4n) is 3.96. The number of carbonyl (C=O) groups excluding carboxylic acids is 2. The van der Waals surface area contributed by atoms with Crippen LogP contribution in [0.4, 0.5) is 5.13 Å². The molecule has 1 aromatic heterocycles. The van der Waals surface area contributed by atoms with Crippen molar-refractivity contribution in [2.45, 2.75) is 71.3 Å². The number of rotatable bonds is 10. The quantitative estimate of drug-likeness (QED) is 0.569. The van der Waals surface area contributed by atoms with E-state index in [2.05, 4.69) is 29.4 Å². The summed E-state index contributed by atoms with van der Waals surface area (Å²) in [7, 11) is 0. The summed E-state index contributed by atoms with van der Waals surface area (Å²) >= 11 is 1.35. The predicted octanol–water partition coefficient (Wildman–Crippen LogP) is 5.13. The first-order valence-corrected chi connectivity index (χ1v) is 11.9. The first-order valence-electron chi connectivity index (χ1n) is 11.0. The Morgan fingerprint density at radius 1 is 1.17 bits per heavy atom. The average molecular weight is 429 g/mol. The molecule has 0 bridgehead atoms. The second kappa shape index (κ2) is 11.2. The highest BCUT2D eigenvalue weighted by Crippen LogP contribution is 2.29. The second-order valence-electron chi connectivity index (χ2n) is 8.11. The van der Waals surface area contributed by atoms with Crippen molar-refractivity contribution in [3.05, 3.63) is 30.3 Å². The minimum atomic E-state index is -0.136. The summed E-state index contributed by atoms with van der Waals surface area (Å²) in [6.45, 7) is 4.57. The molecular formula is C23H32N4O2S. The molecule has 7 heteroatoms. The number of benzene rings is 1. The molecule has 162 valence electrons. The molecule has 1 unspecified atom stereocenters. The topological polar surface area (TPSA) is 75.2 Å². The van der Waals surface area contributed by atoms with Crippen molar-refractivity contribution < 1.29 is 9.59 Å². The van der Waals surface area contributed by atoms with E-state index in [1.165, 1.54) is 37.0 Å². The van der Waals surface area contributed by atoms with E-state index in [1.807, 2.05) is 35.2 Å². The molecule has 1 heterocycles. The molecule has 1 saturated carbocycles. The van der Waals surface area contributed by atoms with Crippen LogP contribution >= 0.6 is 11.3 Å². The van der Waals surface area contributed by atoms with Crippen LogP contribution in [0.5, 0.6) is 0 Å². The Kier molecular flexibility index (Phi) is 8.37. The zero-order valence-electron chi connectivity index (χ0n) is 18.0. The van der Waals surface area contributed by atoms with Crippen LogP contribution in [0.15, 0.2) is 30.3 Å². The van der Waals surface area contributed by atoms with Crippen LogP contribution < -0.4 is 5.32 Å². The third kappa shape index (κ3) is 6.36. The van der Waals surface area contributed by atoms with Gasteiger partial charge in [-0.25, -0.2) is 0 Å². The van der Waals surface area contributed by atoms with Gasteiger partial charge in [0.15, 0.2) is 0 Å². The zero-order valence-corrected chi connectivity index (χ0v) is 18.8. The summed E-state index contributed by atoms with van der Waals surface area (Å²) in [5.41, 5.74) is 0.978. The molecular weight excluding hydrogens is 396 g/mol. The summed E-state index contributed by atoms with van der Waals surface area (Å²) in [5, 5.41) is 12.3. The zero-order chi connectivity index (χ0) is 21.3. The van der Waals surface area contributed by atoms with Gasteiger partial charge in [-0.1, -0.05) is 74.3 Å². The van der Waals surface area contributed by atoms with Gasteiger partial charge in [0.1, 0.15) is 5.01 Å². The van der Waals surface area contributed by atoms with Crippen molar-refractivity contribution in [2.75, 3.05) is 11.9 Å². The highest BCUT2D eigenvalue weighted by atomic mass is 32.1. The fourth-order valence-corrected chi connectivity index (χ4v) is 4.72. The molecule has 0 aliphatic heterocycles. The van der Waals surface area contributed by atoms with Crippen LogP contribution in [0.25, 0.3) is 10.6 Å². The van der Waals surface area contributed by atoms with Gasteiger partial charge in [0, 0.05) is 31.0 Å². The van der Waals surface area contributed by atoms with E-state index in [0.717, 1.165) is 23.4 Å². The number of hydrogen-bond acceptors (Lipinski definition) is 5. The molecule has 0 spiro atoms. The number of aromatic nitrogens is 2. The van der Waals surface area contributed by atoms with Crippen molar-refractivity contribution >= 4 is 28.3 Å². The first kappa shape index (κ1) is 22.4. The highest BCUT2D eigenvalue weighted by Gasteiger charge is 2.22. The van der Waals surface area contributed by atoms with Crippen LogP contribution in [-0.4, -0.2) is 39.5 Å². The maximum absolute atomic E-state index is 12.8. The Labute approximate surface area is 183 Å². The highest BCUT2D eigenvalue weighted by molar-refractivity contribution is 7.18. The van der Waals surface area contributed by atoms with Crippen molar-refractivity contribution in [3.8, 4) is 10.6 Å². The van der Waals surface area contributed by atoms with E-state index in [1.54, 1.807) is 0 Å². The van der Waals surface area contributed by atoms with E-state index in [9.17, 15) is 9.59 Å². The molecule has 1 aromatic carbocycles. The van der Waals surface area contributed by atoms with Gasteiger partial charge < -0.3 is 10.2 Å². The van der Waals surface area contributed by atoms with E-state index in [-0.39, 0.29) is 24.3 Å². The lowest BCUT2D eigenvalue weighted by molar-refractivity contribution is -0.134. The number of amides is 2. The molecule has 1 aliphatic rings. The monoisotopic (exact) mass is 428 g/mol. The van der Waals surface area contributed by atoms with E-state index in [4.69, 9.17) is 0 Å². The molecule has 1 aliphatic carbocycles. The summed E-state index contributed by atoms with van der Waals surface area (Å²) in [5.74, 6) is 0.737. The molecule has 2 amide bonds. The summed E-state index contributed by atoms with van der Waals surface area (Å²) in [4.78, 5) is 27.1. The summed E-state index contributed by atoms with van der Waals surface area (Å²) < 4.78 is 0. The van der Waals surface area contributed by atoms with Crippen LogP contribution in [-0.2, 0) is 9.59 Å². The predicted molar refractivity (Wildman–Crippen MR) is 121 cm³/mol. The first-order chi connectivity index (χ1) is 14.6. The van der Waals surface area contributed by atoms with Crippen molar-refractivity contribution in [2.24, 2.45) is 5.92 Å². The third-order valence-electron chi connectivity index (χ3n) is 5.96. The van der Waals surface area contributed by atoms with Gasteiger partial charge in [0.25, 0.3) is 0 Å².